The summed E-state index contributed by atoms with van der Waals surface area (Å²) in [7, 11) is 0. The monoisotopic (exact) mass is 292 g/mol. The molecule has 0 bridgehead atoms. The van der Waals surface area contributed by atoms with Crippen molar-refractivity contribution in [2.24, 2.45) is 0 Å². The van der Waals surface area contributed by atoms with Crippen LogP contribution in [0.5, 0.6) is 0 Å². The third-order valence-corrected chi connectivity index (χ3v) is 4.02. The molecule has 20 heavy (non-hydrogen) atoms. The van der Waals surface area contributed by atoms with Crippen molar-refractivity contribution >= 4 is 11.8 Å². The molecule has 1 aromatic carbocycles. The van der Waals surface area contributed by atoms with Crippen LogP contribution >= 0.6 is 11.8 Å². The normalized spacial score (nSPS) is 11.2. The minimum Gasteiger partial charge on any atom is -0.313 e. The van der Waals surface area contributed by atoms with Crippen LogP contribution in [0.2, 0.25) is 0 Å². The molecule has 2 rings (SSSR count). The van der Waals surface area contributed by atoms with Crippen molar-refractivity contribution < 1.29 is 0 Å². The summed E-state index contributed by atoms with van der Waals surface area (Å²) < 4.78 is 1.68. The van der Waals surface area contributed by atoms with Crippen molar-refractivity contribution in [3.8, 4) is 0 Å². The average Bonchev–Trinajstić information content (AvgIpc) is 2.79. The Morgan fingerprint density at radius 1 is 1.40 bits per heavy atom. The first-order valence-electron chi connectivity index (χ1n) is 6.76. The quantitative estimate of drug-likeness (QED) is 0.858. The van der Waals surface area contributed by atoms with Crippen LogP contribution in [0.1, 0.15) is 32.4 Å². The highest BCUT2D eigenvalue weighted by Gasteiger charge is 2.14. The third kappa shape index (κ3) is 3.32. The van der Waals surface area contributed by atoms with Gasteiger partial charge in [-0.25, -0.2) is 9.89 Å². The van der Waals surface area contributed by atoms with E-state index in [4.69, 9.17) is 0 Å². The van der Waals surface area contributed by atoms with E-state index in [0.29, 0.717) is 5.16 Å². The summed E-state index contributed by atoms with van der Waals surface area (Å²) in [6.45, 7) is 7.78. The van der Waals surface area contributed by atoms with Gasteiger partial charge in [0.2, 0.25) is 0 Å². The fourth-order valence-corrected chi connectivity index (χ4v) is 3.02. The van der Waals surface area contributed by atoms with Crippen LogP contribution in [0.3, 0.4) is 0 Å². The first kappa shape index (κ1) is 14.9. The number of hydrogen-bond donors (Lipinski definition) is 2. The summed E-state index contributed by atoms with van der Waals surface area (Å²) in [5.41, 5.74) is 1.05. The van der Waals surface area contributed by atoms with Gasteiger partial charge in [0.1, 0.15) is 0 Å². The lowest BCUT2D eigenvalue weighted by molar-refractivity contribution is 0.534. The standard InChI is InChI=1S/C14H20N4OS/c1-4-15-9-11-7-5-6-8-12(11)20-14-17-16-13(19)18(14)10(2)3/h5-8,10,15H,4,9H2,1-3H3,(H,16,19). The van der Waals surface area contributed by atoms with Crippen molar-refractivity contribution in [3.05, 3.63) is 40.3 Å². The lowest BCUT2D eigenvalue weighted by atomic mass is 10.2. The van der Waals surface area contributed by atoms with Gasteiger partial charge in [-0.15, -0.1) is 5.10 Å². The summed E-state index contributed by atoms with van der Waals surface area (Å²) in [5.74, 6) is 0. The molecule has 0 saturated heterocycles. The summed E-state index contributed by atoms with van der Waals surface area (Å²) in [6.07, 6.45) is 0. The molecule has 0 amide bonds. The number of nitrogens with one attached hydrogen (secondary N) is 2. The van der Waals surface area contributed by atoms with Crippen molar-refractivity contribution in [1.29, 1.82) is 0 Å². The number of benzene rings is 1. The second-order valence-electron chi connectivity index (χ2n) is 4.77. The van der Waals surface area contributed by atoms with E-state index in [-0.39, 0.29) is 11.7 Å². The zero-order valence-electron chi connectivity index (χ0n) is 12.0. The van der Waals surface area contributed by atoms with Crippen LogP contribution in [-0.4, -0.2) is 21.3 Å². The van der Waals surface area contributed by atoms with E-state index in [2.05, 4.69) is 34.6 Å². The van der Waals surface area contributed by atoms with Gasteiger partial charge < -0.3 is 5.32 Å². The van der Waals surface area contributed by atoms with E-state index < -0.39 is 0 Å². The van der Waals surface area contributed by atoms with E-state index in [0.717, 1.165) is 18.0 Å². The highest BCUT2D eigenvalue weighted by Crippen LogP contribution is 2.29. The van der Waals surface area contributed by atoms with Gasteiger partial charge in [-0.1, -0.05) is 25.1 Å². The highest BCUT2D eigenvalue weighted by atomic mass is 32.2. The number of H-pyrrole nitrogens is 1. The fourth-order valence-electron chi connectivity index (χ4n) is 1.93. The summed E-state index contributed by atoms with van der Waals surface area (Å²) >= 11 is 1.52. The molecular weight excluding hydrogens is 272 g/mol. The maximum Gasteiger partial charge on any atom is 0.344 e. The predicted molar refractivity (Wildman–Crippen MR) is 81.2 cm³/mol. The molecule has 1 aromatic heterocycles. The summed E-state index contributed by atoms with van der Waals surface area (Å²) in [4.78, 5) is 12.9. The average molecular weight is 292 g/mol. The van der Waals surface area contributed by atoms with Gasteiger partial charge in [-0.05, 0) is 43.8 Å². The molecule has 108 valence electrons. The second-order valence-corrected chi connectivity index (χ2v) is 5.77. The number of nitrogens with zero attached hydrogens (tertiary/aromatic N) is 2. The predicted octanol–water partition coefficient (Wildman–Crippen LogP) is 2.41. The molecule has 0 unspecified atom stereocenters. The zero-order chi connectivity index (χ0) is 14.5. The van der Waals surface area contributed by atoms with Crippen molar-refractivity contribution in [3.63, 3.8) is 0 Å². The molecular formula is C14H20N4OS. The number of hydrogen-bond acceptors (Lipinski definition) is 4. The minimum atomic E-state index is -0.160. The second kappa shape index (κ2) is 6.76. The first-order valence-corrected chi connectivity index (χ1v) is 7.58. The van der Waals surface area contributed by atoms with Gasteiger partial charge in [-0.2, -0.15) is 0 Å². The fraction of sp³-hybridized carbons (Fsp3) is 0.429. The topological polar surface area (TPSA) is 62.7 Å². The van der Waals surface area contributed by atoms with Crippen LogP contribution in [-0.2, 0) is 6.54 Å². The van der Waals surface area contributed by atoms with Gasteiger partial charge >= 0.3 is 5.69 Å². The van der Waals surface area contributed by atoms with E-state index >= 15 is 0 Å². The van der Waals surface area contributed by atoms with E-state index in [1.54, 1.807) is 4.57 Å². The lowest BCUT2D eigenvalue weighted by Gasteiger charge is -2.11. The zero-order valence-corrected chi connectivity index (χ0v) is 12.8. The molecule has 2 N–H and O–H groups in total. The van der Waals surface area contributed by atoms with Crippen molar-refractivity contribution in [1.82, 2.24) is 20.1 Å². The largest absolute Gasteiger partial charge is 0.344 e. The van der Waals surface area contributed by atoms with Crippen molar-refractivity contribution in [2.45, 2.75) is 43.4 Å². The Balaban J connectivity index is 2.28. The molecule has 0 fully saturated rings. The van der Waals surface area contributed by atoms with Crippen LogP contribution in [0.25, 0.3) is 0 Å². The molecule has 0 radical (unpaired) electrons. The van der Waals surface area contributed by atoms with Crippen LogP contribution in [0.4, 0.5) is 0 Å². The van der Waals surface area contributed by atoms with Gasteiger partial charge in [0.15, 0.2) is 5.16 Å². The summed E-state index contributed by atoms with van der Waals surface area (Å²) in [5, 5.41) is 10.7. The van der Waals surface area contributed by atoms with Gasteiger partial charge in [0, 0.05) is 17.5 Å². The first-order chi connectivity index (χ1) is 9.63. The lowest BCUT2D eigenvalue weighted by Crippen LogP contribution is -2.19. The van der Waals surface area contributed by atoms with E-state index in [9.17, 15) is 4.79 Å². The highest BCUT2D eigenvalue weighted by molar-refractivity contribution is 7.99. The number of aromatic amines is 1. The maximum atomic E-state index is 11.7. The smallest absolute Gasteiger partial charge is 0.313 e. The third-order valence-electron chi connectivity index (χ3n) is 2.93. The summed E-state index contributed by atoms with van der Waals surface area (Å²) in [6, 6.07) is 8.26. The molecule has 5 nitrogen and oxygen atoms in total. The Hall–Kier alpha value is -1.53. The van der Waals surface area contributed by atoms with Crippen LogP contribution in [0, 0.1) is 0 Å². The molecule has 1 heterocycles. The maximum absolute atomic E-state index is 11.7. The molecule has 2 aromatic rings. The number of aromatic nitrogens is 3. The molecule has 0 aliphatic rings. The Kier molecular flexibility index (Phi) is 5.03. The Morgan fingerprint density at radius 3 is 2.85 bits per heavy atom. The van der Waals surface area contributed by atoms with Gasteiger partial charge in [0.05, 0.1) is 0 Å². The number of rotatable bonds is 6. The molecule has 0 aliphatic heterocycles. The Bertz CT molecular complexity index is 618. The molecule has 0 aliphatic carbocycles. The van der Waals surface area contributed by atoms with Crippen LogP contribution in [0.15, 0.2) is 39.1 Å². The molecule has 0 saturated carbocycles. The van der Waals surface area contributed by atoms with Gasteiger partial charge in [-0.3, -0.25) is 4.57 Å². The minimum absolute atomic E-state index is 0.0877. The van der Waals surface area contributed by atoms with Gasteiger partial charge in [0.25, 0.3) is 0 Å². The van der Waals surface area contributed by atoms with Crippen molar-refractivity contribution in [2.75, 3.05) is 6.54 Å². The van der Waals surface area contributed by atoms with Crippen LogP contribution < -0.4 is 11.0 Å². The van der Waals surface area contributed by atoms with E-state index in [1.165, 1.54) is 17.3 Å². The molecule has 0 spiro atoms. The molecule has 0 atom stereocenters. The Morgan fingerprint density at radius 2 is 2.15 bits per heavy atom. The molecule has 6 heteroatoms. The Labute approximate surface area is 122 Å². The van der Waals surface area contributed by atoms with E-state index in [1.807, 2.05) is 26.0 Å². The SMILES string of the molecule is CCNCc1ccccc1Sc1n[nH]c(=O)n1C(C)C.